The quantitative estimate of drug-likeness (QED) is 0.189. The van der Waals surface area contributed by atoms with Crippen molar-refractivity contribution in [1.82, 2.24) is 0 Å². The second kappa shape index (κ2) is 8.47. The van der Waals surface area contributed by atoms with E-state index in [0.29, 0.717) is 0 Å². The molecule has 43 heavy (non-hydrogen) atoms. The van der Waals surface area contributed by atoms with Crippen LogP contribution < -0.4 is 35.5 Å². The maximum absolute atomic E-state index is 6.94. The minimum atomic E-state index is 0.0307. The van der Waals surface area contributed by atoms with Crippen LogP contribution in [-0.4, -0.2) is 6.71 Å². The first-order valence-electron chi connectivity index (χ1n) is 15.3. The summed E-state index contributed by atoms with van der Waals surface area (Å²) in [6.07, 6.45) is 2.33. The normalized spacial score (nSPS) is 17.5. The van der Waals surface area contributed by atoms with E-state index in [-0.39, 0.29) is 17.5 Å². The van der Waals surface area contributed by atoms with Gasteiger partial charge in [-0.25, -0.2) is 0 Å². The highest BCUT2D eigenvalue weighted by Gasteiger charge is 2.44. The monoisotopic (exact) mass is 561 g/mol. The number of benzene rings is 5. The van der Waals surface area contributed by atoms with Crippen molar-refractivity contribution in [3.63, 3.8) is 0 Å². The van der Waals surface area contributed by atoms with Crippen molar-refractivity contribution in [1.29, 1.82) is 0 Å². The van der Waals surface area contributed by atoms with Crippen molar-refractivity contribution >= 4 is 40.2 Å². The molecule has 5 aromatic carbocycles. The SMILES string of the molecule is CC1(C)CCC(C)(C)c2cc3c(cc21)Oc1cc(N2c4ccccc4Oc4ccccc42)cc2c1B3c1ccccc1O2. The van der Waals surface area contributed by atoms with Crippen molar-refractivity contribution in [3.8, 4) is 34.5 Å². The molecule has 4 nitrogen and oxygen atoms in total. The molecule has 5 heteroatoms. The van der Waals surface area contributed by atoms with Crippen LogP contribution >= 0.6 is 0 Å². The molecule has 0 radical (unpaired) electrons. The van der Waals surface area contributed by atoms with E-state index in [1.807, 2.05) is 36.4 Å². The molecule has 210 valence electrons. The van der Waals surface area contributed by atoms with Gasteiger partial charge in [-0.15, -0.1) is 0 Å². The Hall–Kier alpha value is -4.64. The first kappa shape index (κ1) is 24.9. The maximum Gasteiger partial charge on any atom is 0.260 e. The molecule has 0 aromatic heterocycles. The molecule has 0 amide bonds. The van der Waals surface area contributed by atoms with Crippen molar-refractivity contribution < 1.29 is 14.2 Å². The molecule has 3 heterocycles. The molecule has 1 aliphatic carbocycles. The van der Waals surface area contributed by atoms with Gasteiger partial charge in [-0.05, 0) is 82.1 Å². The number of rotatable bonds is 1. The van der Waals surface area contributed by atoms with E-state index in [2.05, 4.69) is 93.3 Å². The molecule has 0 saturated heterocycles. The van der Waals surface area contributed by atoms with Crippen LogP contribution in [0.3, 0.4) is 0 Å². The molecule has 0 bridgehead atoms. The van der Waals surface area contributed by atoms with E-state index in [1.165, 1.54) is 28.5 Å². The molecule has 3 aliphatic heterocycles. The Morgan fingerprint density at radius 3 is 1.70 bits per heavy atom. The minimum Gasteiger partial charge on any atom is -0.458 e. The summed E-state index contributed by atoms with van der Waals surface area (Å²) in [6, 6.07) is 34.0. The summed E-state index contributed by atoms with van der Waals surface area (Å²) < 4.78 is 19.9. The van der Waals surface area contributed by atoms with Crippen molar-refractivity contribution in [2.45, 2.75) is 51.4 Å². The fraction of sp³-hybridized carbons (Fsp3) is 0.211. The Morgan fingerprint density at radius 1 is 0.535 bits per heavy atom. The third-order valence-electron chi connectivity index (χ3n) is 10.0. The third-order valence-corrected chi connectivity index (χ3v) is 10.0. The average molecular weight is 561 g/mol. The van der Waals surface area contributed by atoms with Gasteiger partial charge >= 0.3 is 0 Å². The minimum absolute atomic E-state index is 0.0307. The lowest BCUT2D eigenvalue weighted by atomic mass is 9.34. The van der Waals surface area contributed by atoms with Gasteiger partial charge in [0.05, 0.1) is 17.1 Å². The van der Waals surface area contributed by atoms with Gasteiger partial charge in [0.15, 0.2) is 11.5 Å². The van der Waals surface area contributed by atoms with Gasteiger partial charge in [-0.2, -0.15) is 0 Å². The molecule has 0 saturated carbocycles. The van der Waals surface area contributed by atoms with Crippen LogP contribution in [-0.2, 0) is 10.8 Å². The molecule has 9 rings (SSSR count). The van der Waals surface area contributed by atoms with Crippen molar-refractivity contribution in [3.05, 3.63) is 108 Å². The number of para-hydroxylation sites is 5. The van der Waals surface area contributed by atoms with Gasteiger partial charge in [-0.1, -0.05) is 76.2 Å². The summed E-state index contributed by atoms with van der Waals surface area (Å²) in [4.78, 5) is 2.25. The predicted molar refractivity (Wildman–Crippen MR) is 174 cm³/mol. The van der Waals surface area contributed by atoms with Gasteiger partial charge in [-0.3, -0.25) is 0 Å². The highest BCUT2D eigenvalue weighted by atomic mass is 16.5. The lowest BCUT2D eigenvalue weighted by Gasteiger charge is -2.43. The fourth-order valence-corrected chi connectivity index (χ4v) is 7.60. The second-order valence-corrected chi connectivity index (χ2v) is 13.6. The predicted octanol–water partition coefficient (Wildman–Crippen LogP) is 8.34. The van der Waals surface area contributed by atoms with E-state index < -0.39 is 0 Å². The highest BCUT2D eigenvalue weighted by Crippen LogP contribution is 2.52. The molecule has 0 unspecified atom stereocenters. The van der Waals surface area contributed by atoms with Gasteiger partial charge in [0.25, 0.3) is 6.71 Å². The maximum atomic E-state index is 6.94. The first-order valence-corrected chi connectivity index (χ1v) is 15.3. The molecule has 0 atom stereocenters. The Kier molecular flexibility index (Phi) is 4.91. The van der Waals surface area contributed by atoms with Crippen molar-refractivity contribution in [2.24, 2.45) is 0 Å². The standard InChI is InChI=1S/C38H32BNO3/c1-37(2)17-18-38(3,4)25-22-33-27(21-24(25)37)39-26-11-5-8-14-30(26)41-34-19-23(20-35(43-33)36(34)39)40-28-12-6-9-15-31(28)42-32-16-10-7-13-29(32)40/h5-16,19-22H,17-18H2,1-4H3. The smallest absolute Gasteiger partial charge is 0.260 e. The molecule has 0 N–H and O–H groups in total. The van der Waals surface area contributed by atoms with Crippen LogP contribution in [0.5, 0.6) is 34.5 Å². The summed E-state index contributed by atoms with van der Waals surface area (Å²) in [5.74, 6) is 5.16. The summed E-state index contributed by atoms with van der Waals surface area (Å²) in [6.45, 7) is 9.55. The summed E-state index contributed by atoms with van der Waals surface area (Å²) >= 11 is 0. The van der Waals surface area contributed by atoms with Gasteiger partial charge in [0.1, 0.15) is 23.0 Å². The largest absolute Gasteiger partial charge is 0.458 e. The Balaban J connectivity index is 1.29. The average Bonchev–Trinajstić information content (AvgIpc) is 3.01. The lowest BCUT2D eigenvalue weighted by Crippen LogP contribution is -2.58. The van der Waals surface area contributed by atoms with E-state index >= 15 is 0 Å². The number of fused-ring (bicyclic) bond motifs is 7. The number of ether oxygens (including phenoxy) is 3. The Labute approximate surface area is 252 Å². The molecule has 0 spiro atoms. The molecule has 5 aromatic rings. The number of hydrogen-bond donors (Lipinski definition) is 0. The third kappa shape index (κ3) is 3.51. The number of hydrogen-bond acceptors (Lipinski definition) is 4. The van der Waals surface area contributed by atoms with E-state index in [9.17, 15) is 0 Å². The van der Waals surface area contributed by atoms with Gasteiger partial charge in [0, 0.05) is 17.6 Å². The fourth-order valence-electron chi connectivity index (χ4n) is 7.60. The summed E-state index contributed by atoms with van der Waals surface area (Å²) in [5.41, 5.74) is 9.48. The van der Waals surface area contributed by atoms with Crippen LogP contribution in [0.2, 0.25) is 0 Å². The summed E-state index contributed by atoms with van der Waals surface area (Å²) in [7, 11) is 0. The molecule has 4 aliphatic rings. The second-order valence-electron chi connectivity index (χ2n) is 13.6. The van der Waals surface area contributed by atoms with Crippen LogP contribution in [0.4, 0.5) is 17.1 Å². The molecular formula is C38H32BNO3. The Bertz CT molecular complexity index is 1950. The van der Waals surface area contributed by atoms with Gasteiger partial charge in [0.2, 0.25) is 0 Å². The molecular weight excluding hydrogens is 529 g/mol. The van der Waals surface area contributed by atoms with E-state index in [4.69, 9.17) is 14.2 Å². The Morgan fingerprint density at radius 2 is 1.05 bits per heavy atom. The zero-order valence-corrected chi connectivity index (χ0v) is 24.9. The number of nitrogens with zero attached hydrogens (tertiary/aromatic N) is 1. The zero-order chi connectivity index (χ0) is 29.1. The first-order chi connectivity index (χ1) is 20.8. The number of anilines is 3. The van der Waals surface area contributed by atoms with Crippen molar-refractivity contribution in [2.75, 3.05) is 4.90 Å². The van der Waals surface area contributed by atoms with Gasteiger partial charge < -0.3 is 19.1 Å². The highest BCUT2D eigenvalue weighted by molar-refractivity contribution is 6.98. The van der Waals surface area contributed by atoms with Crippen LogP contribution in [0.1, 0.15) is 51.7 Å². The zero-order valence-electron chi connectivity index (χ0n) is 24.9. The van der Waals surface area contributed by atoms with E-state index in [0.717, 1.165) is 63.4 Å². The van der Waals surface area contributed by atoms with E-state index in [1.54, 1.807) is 0 Å². The van der Waals surface area contributed by atoms with Crippen LogP contribution in [0.25, 0.3) is 0 Å². The van der Waals surface area contributed by atoms with Crippen LogP contribution in [0, 0.1) is 0 Å². The molecule has 0 fully saturated rings. The van der Waals surface area contributed by atoms with Crippen LogP contribution in [0.15, 0.2) is 97.1 Å². The topological polar surface area (TPSA) is 30.9 Å². The lowest BCUT2D eigenvalue weighted by molar-refractivity contribution is 0.330. The summed E-state index contributed by atoms with van der Waals surface area (Å²) in [5, 5.41) is 0.